The second kappa shape index (κ2) is 4.48. The summed E-state index contributed by atoms with van der Waals surface area (Å²) in [6, 6.07) is 2.26. The molecule has 1 aliphatic carbocycles. The van der Waals surface area contributed by atoms with Crippen LogP contribution in [0.4, 0.5) is 0 Å². The maximum Gasteiger partial charge on any atom is 0.167 e. The van der Waals surface area contributed by atoms with Gasteiger partial charge < -0.3 is 9.67 Å². The van der Waals surface area contributed by atoms with Crippen molar-refractivity contribution in [3.05, 3.63) is 11.9 Å². The van der Waals surface area contributed by atoms with E-state index in [9.17, 15) is 0 Å². The van der Waals surface area contributed by atoms with E-state index in [1.807, 2.05) is 11.6 Å². The minimum absolute atomic E-state index is 0.0212. The molecule has 1 heterocycles. The number of aliphatic hydroxyl groups excluding tert-OH is 1. The highest BCUT2D eigenvalue weighted by Crippen LogP contribution is 2.51. The highest BCUT2D eigenvalue weighted by molar-refractivity contribution is 7.99. The van der Waals surface area contributed by atoms with Gasteiger partial charge in [0.05, 0.1) is 24.6 Å². The van der Waals surface area contributed by atoms with Crippen LogP contribution in [0.5, 0.6) is 0 Å². The molecular weight excluding hydrogens is 222 g/mol. The summed E-state index contributed by atoms with van der Waals surface area (Å²) in [5.41, 5.74) is 1.07. The van der Waals surface area contributed by atoms with E-state index < -0.39 is 0 Å². The van der Waals surface area contributed by atoms with E-state index in [0.717, 1.165) is 29.4 Å². The van der Waals surface area contributed by atoms with Crippen LogP contribution in [-0.4, -0.2) is 20.4 Å². The Labute approximate surface area is 99.3 Å². The lowest BCUT2D eigenvalue weighted by atomic mass is 10.1. The molecule has 1 saturated carbocycles. The average molecular weight is 237 g/mol. The molecule has 0 saturated heterocycles. The first-order valence-corrected chi connectivity index (χ1v) is 6.30. The van der Waals surface area contributed by atoms with Crippen LogP contribution in [0.25, 0.3) is 0 Å². The van der Waals surface area contributed by atoms with Crippen LogP contribution in [0.2, 0.25) is 0 Å². The van der Waals surface area contributed by atoms with Crippen LogP contribution in [0.15, 0.2) is 11.4 Å². The summed E-state index contributed by atoms with van der Waals surface area (Å²) in [7, 11) is 1.91. The van der Waals surface area contributed by atoms with Crippen LogP contribution in [0, 0.1) is 16.7 Å². The van der Waals surface area contributed by atoms with E-state index in [2.05, 4.69) is 11.1 Å². The van der Waals surface area contributed by atoms with Gasteiger partial charge in [-0.2, -0.15) is 5.26 Å². The predicted octanol–water partition coefficient (Wildman–Crippen LogP) is 1.70. The molecule has 16 heavy (non-hydrogen) atoms. The SMILES string of the molecule is Cn1c(CO)cnc1SCC1(CC#N)CC1. The van der Waals surface area contributed by atoms with Gasteiger partial charge in [-0.05, 0) is 18.3 Å². The Bertz CT molecular complexity index is 417. The summed E-state index contributed by atoms with van der Waals surface area (Å²) in [6.07, 6.45) is 4.67. The third-order valence-corrected chi connectivity index (χ3v) is 4.52. The van der Waals surface area contributed by atoms with Gasteiger partial charge in [0, 0.05) is 19.2 Å². The molecule has 1 N–H and O–H groups in total. The smallest absolute Gasteiger partial charge is 0.167 e. The van der Waals surface area contributed by atoms with Crippen molar-refractivity contribution in [2.24, 2.45) is 12.5 Å². The van der Waals surface area contributed by atoms with Gasteiger partial charge in [-0.25, -0.2) is 4.98 Å². The van der Waals surface area contributed by atoms with Crippen molar-refractivity contribution in [3.63, 3.8) is 0 Å². The summed E-state index contributed by atoms with van der Waals surface area (Å²) in [5, 5.41) is 18.7. The number of nitriles is 1. The first-order chi connectivity index (χ1) is 7.71. The normalized spacial score (nSPS) is 17.1. The Morgan fingerprint density at radius 2 is 2.44 bits per heavy atom. The number of hydrogen-bond acceptors (Lipinski definition) is 4. The van der Waals surface area contributed by atoms with Gasteiger partial charge in [-0.3, -0.25) is 0 Å². The molecule has 0 atom stereocenters. The van der Waals surface area contributed by atoms with Gasteiger partial charge in [0.1, 0.15) is 0 Å². The molecule has 0 aliphatic heterocycles. The quantitative estimate of drug-likeness (QED) is 0.792. The van der Waals surface area contributed by atoms with Crippen molar-refractivity contribution in [1.29, 1.82) is 5.26 Å². The Kier molecular flexibility index (Phi) is 3.22. The molecule has 1 fully saturated rings. The summed E-state index contributed by atoms with van der Waals surface area (Å²) >= 11 is 1.68. The minimum Gasteiger partial charge on any atom is -0.390 e. The maximum absolute atomic E-state index is 9.04. The van der Waals surface area contributed by atoms with Gasteiger partial charge >= 0.3 is 0 Å². The first kappa shape index (κ1) is 11.5. The van der Waals surface area contributed by atoms with E-state index in [1.165, 1.54) is 0 Å². The molecule has 1 aromatic rings. The zero-order valence-electron chi connectivity index (χ0n) is 9.31. The van der Waals surface area contributed by atoms with Crippen molar-refractivity contribution in [1.82, 2.24) is 9.55 Å². The van der Waals surface area contributed by atoms with Crippen LogP contribution in [0.3, 0.4) is 0 Å². The Hall–Kier alpha value is -0.990. The number of thioether (sulfide) groups is 1. The van der Waals surface area contributed by atoms with Crippen LogP contribution >= 0.6 is 11.8 Å². The molecule has 0 amide bonds. The third kappa shape index (κ3) is 2.23. The van der Waals surface area contributed by atoms with Crippen molar-refractivity contribution in [2.45, 2.75) is 31.0 Å². The highest BCUT2D eigenvalue weighted by atomic mass is 32.2. The monoisotopic (exact) mass is 237 g/mol. The van der Waals surface area contributed by atoms with Crippen LogP contribution < -0.4 is 0 Å². The fourth-order valence-corrected chi connectivity index (χ4v) is 2.91. The lowest BCUT2D eigenvalue weighted by Gasteiger charge is -2.10. The molecule has 2 rings (SSSR count). The van der Waals surface area contributed by atoms with Gasteiger partial charge in [0.15, 0.2) is 5.16 Å². The van der Waals surface area contributed by atoms with Crippen molar-refractivity contribution >= 4 is 11.8 Å². The summed E-state index contributed by atoms with van der Waals surface area (Å²) in [4.78, 5) is 4.26. The molecule has 1 aliphatic rings. The van der Waals surface area contributed by atoms with Gasteiger partial charge in [0.2, 0.25) is 0 Å². The molecule has 5 heteroatoms. The molecule has 0 spiro atoms. The average Bonchev–Trinajstić information content (AvgIpc) is 2.95. The fraction of sp³-hybridized carbons (Fsp3) is 0.636. The van der Waals surface area contributed by atoms with Gasteiger partial charge in [-0.1, -0.05) is 11.8 Å². The number of hydrogen-bond donors (Lipinski definition) is 1. The maximum atomic E-state index is 9.04. The standard InChI is InChI=1S/C11H15N3OS/c1-14-9(7-15)6-13-10(14)16-8-11(2-3-11)4-5-12/h6,15H,2-4,7-8H2,1H3. The molecule has 1 aromatic heterocycles. The zero-order valence-corrected chi connectivity index (χ0v) is 10.1. The van der Waals surface area contributed by atoms with Crippen LogP contribution in [-0.2, 0) is 13.7 Å². The van der Waals surface area contributed by atoms with Crippen molar-refractivity contribution < 1.29 is 5.11 Å². The number of rotatable bonds is 5. The van der Waals surface area contributed by atoms with E-state index in [4.69, 9.17) is 10.4 Å². The zero-order chi connectivity index (χ0) is 11.6. The molecule has 0 unspecified atom stereocenters. The Balaban J connectivity index is 1.95. The predicted molar refractivity (Wildman–Crippen MR) is 61.8 cm³/mol. The topological polar surface area (TPSA) is 61.8 Å². The highest BCUT2D eigenvalue weighted by Gasteiger charge is 2.42. The number of aliphatic hydroxyl groups is 1. The van der Waals surface area contributed by atoms with Gasteiger partial charge in [-0.15, -0.1) is 0 Å². The third-order valence-electron chi connectivity index (χ3n) is 3.12. The number of nitrogens with zero attached hydrogens (tertiary/aromatic N) is 3. The molecule has 4 nitrogen and oxygen atoms in total. The van der Waals surface area contributed by atoms with E-state index in [0.29, 0.717) is 6.42 Å². The Morgan fingerprint density at radius 3 is 2.94 bits per heavy atom. The number of imidazole rings is 1. The van der Waals surface area contributed by atoms with E-state index in [-0.39, 0.29) is 12.0 Å². The van der Waals surface area contributed by atoms with Gasteiger partial charge in [0.25, 0.3) is 0 Å². The second-order valence-corrected chi connectivity index (χ2v) is 5.32. The first-order valence-electron chi connectivity index (χ1n) is 5.32. The number of aromatic nitrogens is 2. The second-order valence-electron chi connectivity index (χ2n) is 4.37. The van der Waals surface area contributed by atoms with Crippen molar-refractivity contribution in [2.75, 3.05) is 5.75 Å². The van der Waals surface area contributed by atoms with Crippen LogP contribution in [0.1, 0.15) is 25.0 Å². The summed E-state index contributed by atoms with van der Waals surface area (Å²) in [5.74, 6) is 0.955. The molecule has 0 aromatic carbocycles. The van der Waals surface area contributed by atoms with Crippen molar-refractivity contribution in [3.8, 4) is 6.07 Å². The molecule has 0 bridgehead atoms. The molecule has 86 valence electrons. The molecular formula is C11H15N3OS. The van der Waals surface area contributed by atoms with E-state index >= 15 is 0 Å². The van der Waals surface area contributed by atoms with E-state index in [1.54, 1.807) is 18.0 Å². The fourth-order valence-electron chi connectivity index (χ4n) is 1.64. The lowest BCUT2D eigenvalue weighted by molar-refractivity contribution is 0.271. The lowest BCUT2D eigenvalue weighted by Crippen LogP contribution is -2.04. The minimum atomic E-state index is 0.0212. The summed E-state index contributed by atoms with van der Waals surface area (Å²) in [6.45, 7) is 0.0212. The largest absolute Gasteiger partial charge is 0.390 e. The summed E-state index contributed by atoms with van der Waals surface area (Å²) < 4.78 is 1.91. The Morgan fingerprint density at radius 1 is 1.69 bits per heavy atom. The molecule has 0 radical (unpaired) electrons.